The number of nitrogens with zero attached hydrogens (tertiary/aromatic N) is 1. The Kier molecular flexibility index (Phi) is 6.33. The molecule has 18 heavy (non-hydrogen) atoms. The molecule has 0 bridgehead atoms. The minimum Gasteiger partial charge on any atom is -0.316 e. The molecule has 0 spiro atoms. The second-order valence-corrected chi connectivity index (χ2v) is 6.98. The van der Waals surface area contributed by atoms with Gasteiger partial charge in [-0.2, -0.15) is 0 Å². The summed E-state index contributed by atoms with van der Waals surface area (Å²) in [6.07, 6.45) is 1.21. The molecule has 1 N–H and O–H groups in total. The molecule has 0 aliphatic heterocycles. The zero-order valence-corrected chi connectivity index (χ0v) is 13.3. The van der Waals surface area contributed by atoms with Gasteiger partial charge in [0, 0.05) is 24.0 Å². The average Bonchev–Trinajstić information content (AvgIpc) is 2.79. The summed E-state index contributed by atoms with van der Waals surface area (Å²) in [5.74, 6) is 0. The minimum atomic E-state index is 0.330. The van der Waals surface area contributed by atoms with Gasteiger partial charge in [-0.05, 0) is 36.9 Å². The summed E-state index contributed by atoms with van der Waals surface area (Å²) in [4.78, 5) is 4.00. The number of hydrogen-bond donors (Lipinski definition) is 1. The first kappa shape index (κ1) is 15.7. The zero-order chi connectivity index (χ0) is 13.6. The van der Waals surface area contributed by atoms with Crippen molar-refractivity contribution in [1.29, 1.82) is 0 Å². The normalized spacial score (nSPS) is 14.1. The number of hydrogen-bond acceptors (Lipinski definition) is 3. The van der Waals surface area contributed by atoms with Gasteiger partial charge < -0.3 is 5.32 Å². The molecule has 1 rings (SSSR count). The molecule has 3 heteroatoms. The largest absolute Gasteiger partial charge is 0.316 e. The van der Waals surface area contributed by atoms with Crippen LogP contribution in [0.25, 0.3) is 0 Å². The first-order valence-electron chi connectivity index (χ1n) is 6.89. The van der Waals surface area contributed by atoms with Crippen molar-refractivity contribution in [1.82, 2.24) is 10.2 Å². The third-order valence-electron chi connectivity index (χ3n) is 3.53. The molecule has 0 saturated heterocycles. The van der Waals surface area contributed by atoms with Gasteiger partial charge in [0.05, 0.1) is 0 Å². The predicted octanol–water partition coefficient (Wildman–Crippen LogP) is 3.59. The van der Waals surface area contributed by atoms with Crippen LogP contribution in [0.5, 0.6) is 0 Å². The van der Waals surface area contributed by atoms with Gasteiger partial charge in [0.1, 0.15) is 0 Å². The van der Waals surface area contributed by atoms with Crippen LogP contribution in [0.2, 0.25) is 0 Å². The summed E-state index contributed by atoms with van der Waals surface area (Å²) < 4.78 is 0. The molecule has 1 heterocycles. The Labute approximate surface area is 116 Å². The van der Waals surface area contributed by atoms with Crippen LogP contribution in [-0.2, 0) is 6.54 Å². The van der Waals surface area contributed by atoms with E-state index in [4.69, 9.17) is 0 Å². The van der Waals surface area contributed by atoms with Crippen molar-refractivity contribution in [2.24, 2.45) is 5.41 Å². The van der Waals surface area contributed by atoms with Gasteiger partial charge in [-0.1, -0.05) is 33.8 Å². The van der Waals surface area contributed by atoms with Gasteiger partial charge in [-0.25, -0.2) is 0 Å². The highest BCUT2D eigenvalue weighted by atomic mass is 32.1. The summed E-state index contributed by atoms with van der Waals surface area (Å²) in [5.41, 5.74) is 0.330. The van der Waals surface area contributed by atoms with Crippen molar-refractivity contribution in [2.45, 2.75) is 46.7 Å². The SMILES string of the molecule is CCN(CCC(NC)C(C)(C)C)Cc1cccs1. The minimum absolute atomic E-state index is 0.330. The van der Waals surface area contributed by atoms with E-state index in [0.29, 0.717) is 11.5 Å². The molecule has 0 aliphatic carbocycles. The Morgan fingerprint density at radius 3 is 2.56 bits per heavy atom. The van der Waals surface area contributed by atoms with E-state index in [1.54, 1.807) is 0 Å². The summed E-state index contributed by atoms with van der Waals surface area (Å²) in [5, 5.41) is 5.62. The molecule has 1 atom stereocenters. The van der Waals surface area contributed by atoms with Crippen molar-refractivity contribution in [2.75, 3.05) is 20.1 Å². The van der Waals surface area contributed by atoms with E-state index in [0.717, 1.165) is 19.6 Å². The molecule has 0 radical (unpaired) electrons. The van der Waals surface area contributed by atoms with E-state index >= 15 is 0 Å². The fourth-order valence-electron chi connectivity index (χ4n) is 2.29. The van der Waals surface area contributed by atoms with Gasteiger partial charge in [0.25, 0.3) is 0 Å². The monoisotopic (exact) mass is 268 g/mol. The Morgan fingerprint density at radius 1 is 1.39 bits per heavy atom. The maximum Gasteiger partial charge on any atom is 0.0327 e. The summed E-state index contributed by atoms with van der Waals surface area (Å²) >= 11 is 1.85. The predicted molar refractivity (Wildman–Crippen MR) is 82.2 cm³/mol. The smallest absolute Gasteiger partial charge is 0.0327 e. The molecule has 0 saturated carbocycles. The van der Waals surface area contributed by atoms with Crippen LogP contribution < -0.4 is 5.32 Å². The first-order chi connectivity index (χ1) is 8.47. The highest BCUT2D eigenvalue weighted by Crippen LogP contribution is 2.22. The molecule has 0 aromatic carbocycles. The van der Waals surface area contributed by atoms with Crippen molar-refractivity contribution in [3.8, 4) is 0 Å². The molecule has 2 nitrogen and oxygen atoms in total. The lowest BCUT2D eigenvalue weighted by Crippen LogP contribution is -2.40. The standard InChI is InChI=1S/C15H28N2S/c1-6-17(12-13-8-7-11-18-13)10-9-14(16-5)15(2,3)4/h7-8,11,14,16H,6,9-10,12H2,1-5H3. The fourth-order valence-corrected chi connectivity index (χ4v) is 3.04. The lowest BCUT2D eigenvalue weighted by Gasteiger charge is -2.32. The summed E-state index contributed by atoms with van der Waals surface area (Å²) in [7, 11) is 2.07. The number of thiophene rings is 1. The maximum absolute atomic E-state index is 3.46. The van der Waals surface area contributed by atoms with Gasteiger partial charge in [0.15, 0.2) is 0 Å². The third-order valence-corrected chi connectivity index (χ3v) is 4.40. The van der Waals surface area contributed by atoms with Gasteiger partial charge >= 0.3 is 0 Å². The molecule has 1 unspecified atom stereocenters. The Bertz CT molecular complexity index is 314. The van der Waals surface area contributed by atoms with Crippen LogP contribution in [0.15, 0.2) is 17.5 Å². The molecule has 0 amide bonds. The van der Waals surface area contributed by atoms with Gasteiger partial charge in [0.2, 0.25) is 0 Å². The lowest BCUT2D eigenvalue weighted by atomic mass is 9.85. The Morgan fingerprint density at radius 2 is 2.11 bits per heavy atom. The van der Waals surface area contributed by atoms with E-state index in [1.165, 1.54) is 11.3 Å². The molecule has 0 aliphatic rings. The van der Waals surface area contributed by atoms with Crippen molar-refractivity contribution < 1.29 is 0 Å². The van der Waals surface area contributed by atoms with Crippen LogP contribution in [0.1, 0.15) is 39.0 Å². The summed E-state index contributed by atoms with van der Waals surface area (Å²) in [6.45, 7) is 12.6. The van der Waals surface area contributed by atoms with Gasteiger partial charge in [-0.15, -0.1) is 11.3 Å². The number of rotatable bonds is 7. The van der Waals surface area contributed by atoms with E-state index in [-0.39, 0.29) is 0 Å². The molecule has 0 fully saturated rings. The third kappa shape index (κ3) is 5.09. The van der Waals surface area contributed by atoms with E-state index < -0.39 is 0 Å². The van der Waals surface area contributed by atoms with Crippen LogP contribution >= 0.6 is 11.3 Å². The van der Waals surface area contributed by atoms with Crippen LogP contribution in [0.4, 0.5) is 0 Å². The molecular formula is C15H28N2S. The average molecular weight is 268 g/mol. The molecule has 104 valence electrons. The van der Waals surface area contributed by atoms with Crippen LogP contribution in [-0.4, -0.2) is 31.1 Å². The molecule has 1 aromatic heterocycles. The van der Waals surface area contributed by atoms with E-state index in [9.17, 15) is 0 Å². The second-order valence-electron chi connectivity index (χ2n) is 5.94. The van der Waals surface area contributed by atoms with E-state index in [1.807, 2.05) is 11.3 Å². The number of nitrogens with one attached hydrogen (secondary N) is 1. The molecule has 1 aromatic rings. The maximum atomic E-state index is 3.46. The zero-order valence-electron chi connectivity index (χ0n) is 12.5. The van der Waals surface area contributed by atoms with E-state index in [2.05, 4.69) is 62.5 Å². The van der Waals surface area contributed by atoms with Crippen LogP contribution in [0.3, 0.4) is 0 Å². The fraction of sp³-hybridized carbons (Fsp3) is 0.733. The second kappa shape index (κ2) is 7.27. The molecular weight excluding hydrogens is 240 g/mol. The Balaban J connectivity index is 2.43. The lowest BCUT2D eigenvalue weighted by molar-refractivity contribution is 0.212. The first-order valence-corrected chi connectivity index (χ1v) is 7.77. The topological polar surface area (TPSA) is 15.3 Å². The quantitative estimate of drug-likeness (QED) is 0.813. The Hall–Kier alpha value is -0.380. The van der Waals surface area contributed by atoms with Crippen molar-refractivity contribution >= 4 is 11.3 Å². The van der Waals surface area contributed by atoms with Crippen molar-refractivity contribution in [3.63, 3.8) is 0 Å². The van der Waals surface area contributed by atoms with Crippen molar-refractivity contribution in [3.05, 3.63) is 22.4 Å². The summed E-state index contributed by atoms with van der Waals surface area (Å²) in [6, 6.07) is 4.95. The van der Waals surface area contributed by atoms with Gasteiger partial charge in [-0.3, -0.25) is 4.90 Å². The van der Waals surface area contributed by atoms with Crippen LogP contribution in [0, 0.1) is 5.41 Å². The highest BCUT2D eigenvalue weighted by molar-refractivity contribution is 7.09. The highest BCUT2D eigenvalue weighted by Gasteiger charge is 2.23.